The smallest absolute Gasteiger partial charge is 0.303 e. The summed E-state index contributed by atoms with van der Waals surface area (Å²) in [4.78, 5) is 36.8. The van der Waals surface area contributed by atoms with E-state index >= 15 is 0 Å². The van der Waals surface area contributed by atoms with Gasteiger partial charge in [0.15, 0.2) is 24.1 Å². The van der Waals surface area contributed by atoms with Gasteiger partial charge in [-0.3, -0.25) is 14.4 Å². The van der Waals surface area contributed by atoms with Crippen molar-refractivity contribution in [1.82, 2.24) is 0 Å². The monoisotopic (exact) mass is 516 g/mol. The van der Waals surface area contributed by atoms with Crippen LogP contribution in [0.25, 0.3) is 22.3 Å². The van der Waals surface area contributed by atoms with Crippen molar-refractivity contribution < 1.29 is 53.4 Å². The van der Waals surface area contributed by atoms with E-state index in [1.165, 1.54) is 31.2 Å². The molecule has 4 rings (SSSR count). The largest absolute Gasteiger partial charge is 0.508 e. The van der Waals surface area contributed by atoms with Gasteiger partial charge in [-0.15, -0.1) is 0 Å². The van der Waals surface area contributed by atoms with Crippen molar-refractivity contribution in [3.8, 4) is 34.3 Å². The fourth-order valence-corrected chi connectivity index (χ4v) is 4.06. The Labute approximate surface area is 209 Å². The maximum atomic E-state index is 13.5. The number of hydrogen-bond donors (Lipinski definition) is 4. The van der Waals surface area contributed by atoms with Crippen LogP contribution in [0, 0.1) is 0 Å². The van der Waals surface area contributed by atoms with Crippen molar-refractivity contribution >= 4 is 22.9 Å². The van der Waals surface area contributed by atoms with Crippen LogP contribution in [0.1, 0.15) is 20.8 Å². The van der Waals surface area contributed by atoms with Crippen LogP contribution in [0.4, 0.5) is 0 Å². The van der Waals surface area contributed by atoms with Crippen LogP contribution in [-0.4, -0.2) is 63.1 Å². The van der Waals surface area contributed by atoms with E-state index in [-0.39, 0.29) is 33.8 Å². The molecule has 0 bridgehead atoms. The summed E-state index contributed by atoms with van der Waals surface area (Å²) in [5.74, 6) is -3.14. The van der Waals surface area contributed by atoms with Gasteiger partial charge in [0.05, 0.1) is 6.10 Å². The molecule has 0 aliphatic carbocycles. The van der Waals surface area contributed by atoms with E-state index < -0.39 is 59.6 Å². The molecule has 1 aliphatic heterocycles. The highest BCUT2D eigenvalue weighted by Gasteiger charge is 2.49. The molecule has 1 saturated heterocycles. The van der Waals surface area contributed by atoms with Gasteiger partial charge in [0.2, 0.25) is 17.5 Å². The Morgan fingerprint density at radius 2 is 1.54 bits per heavy atom. The molecule has 1 fully saturated rings. The maximum absolute atomic E-state index is 13.5. The molecule has 4 N–H and O–H groups in total. The summed E-state index contributed by atoms with van der Waals surface area (Å²) < 4.78 is 27.7. The predicted octanol–water partition coefficient (Wildman–Crippen LogP) is 1.92. The number of fused-ring (bicyclic) bond motifs is 1. The Kier molecular flexibility index (Phi) is 6.96. The summed E-state index contributed by atoms with van der Waals surface area (Å²) in [7, 11) is 0. The normalized spacial score (nSPS) is 23.4. The number of phenolic OH excluding ortho intramolecular Hbond substituents is 3. The Hall–Kier alpha value is -4.29. The first-order chi connectivity index (χ1) is 17.5. The zero-order chi connectivity index (χ0) is 27.0. The molecular formula is C25H24O12. The minimum atomic E-state index is -1.72. The van der Waals surface area contributed by atoms with Gasteiger partial charge < -0.3 is 43.8 Å². The number of rotatable bonds is 5. The van der Waals surface area contributed by atoms with E-state index in [2.05, 4.69) is 0 Å². The van der Waals surface area contributed by atoms with E-state index in [1.54, 1.807) is 0 Å². The molecule has 12 heteroatoms. The van der Waals surface area contributed by atoms with Gasteiger partial charge in [-0.25, -0.2) is 0 Å². The van der Waals surface area contributed by atoms with Gasteiger partial charge in [-0.2, -0.15) is 0 Å². The number of ether oxygens (including phenoxy) is 4. The van der Waals surface area contributed by atoms with E-state index in [9.17, 15) is 34.8 Å². The van der Waals surface area contributed by atoms with Crippen LogP contribution in [0.2, 0.25) is 0 Å². The Morgan fingerprint density at radius 3 is 2.16 bits per heavy atom. The second kappa shape index (κ2) is 9.99. The van der Waals surface area contributed by atoms with Gasteiger partial charge >= 0.3 is 11.9 Å². The summed E-state index contributed by atoms with van der Waals surface area (Å²) in [6, 6.07) is 7.58. The SMILES string of the molecule is CC(=O)O[C@@H]1[C@H](O)[C@@H](Oc2c(-c3ccc(O)cc3)oc3cc(O)cc(O)c3c2=O)O[C@H](C)[C@H]1OC(C)=O. The fraction of sp³-hybridized carbons (Fsp3) is 0.320. The summed E-state index contributed by atoms with van der Waals surface area (Å²) in [5.41, 5.74) is -0.761. The first-order valence-electron chi connectivity index (χ1n) is 11.1. The van der Waals surface area contributed by atoms with Crippen LogP contribution in [-0.2, 0) is 23.8 Å². The molecule has 12 nitrogen and oxygen atoms in total. The number of carbonyl (C=O) groups excluding carboxylic acids is 2. The zero-order valence-corrected chi connectivity index (χ0v) is 19.9. The summed E-state index contributed by atoms with van der Waals surface area (Å²) in [6.07, 6.45) is -6.85. The van der Waals surface area contributed by atoms with Crippen LogP contribution < -0.4 is 10.2 Å². The molecule has 196 valence electrons. The van der Waals surface area contributed by atoms with Crippen molar-refractivity contribution in [2.24, 2.45) is 0 Å². The van der Waals surface area contributed by atoms with Crippen LogP contribution >= 0.6 is 0 Å². The second-order valence-electron chi connectivity index (χ2n) is 8.44. The predicted molar refractivity (Wildman–Crippen MR) is 125 cm³/mol. The minimum absolute atomic E-state index is 0.0646. The van der Waals surface area contributed by atoms with Crippen LogP contribution in [0.3, 0.4) is 0 Å². The number of benzene rings is 2. The highest BCUT2D eigenvalue weighted by Crippen LogP contribution is 2.37. The molecule has 3 aromatic rings. The molecule has 1 aliphatic rings. The third kappa shape index (κ3) is 5.15. The summed E-state index contributed by atoms with van der Waals surface area (Å²) in [5, 5.41) is 40.5. The van der Waals surface area contributed by atoms with Crippen molar-refractivity contribution in [1.29, 1.82) is 0 Å². The second-order valence-corrected chi connectivity index (χ2v) is 8.44. The van der Waals surface area contributed by atoms with E-state index in [1.807, 2.05) is 0 Å². The lowest BCUT2D eigenvalue weighted by Crippen LogP contribution is -2.61. The average molecular weight is 516 g/mol. The third-order valence-electron chi connectivity index (χ3n) is 5.64. The number of hydrogen-bond acceptors (Lipinski definition) is 12. The lowest BCUT2D eigenvalue weighted by atomic mass is 9.99. The fourth-order valence-electron chi connectivity index (χ4n) is 4.06. The molecule has 0 radical (unpaired) electrons. The van der Waals surface area contributed by atoms with Gasteiger partial charge in [0, 0.05) is 31.5 Å². The summed E-state index contributed by atoms with van der Waals surface area (Å²) >= 11 is 0. The molecule has 0 unspecified atom stereocenters. The van der Waals surface area contributed by atoms with E-state index in [4.69, 9.17) is 23.4 Å². The standard InChI is InChI=1S/C25H24O12/c1-10-21(34-11(2)26)24(35-12(3)27)20(32)25(33-10)37-23-19(31)18-16(30)8-15(29)9-17(18)36-22(23)13-4-6-14(28)7-5-13/h4-10,20-21,24-25,28-30,32H,1-3H3/t10-,20+,21-,24-,25-/m1/s1. The van der Waals surface area contributed by atoms with Crippen molar-refractivity contribution in [3.05, 3.63) is 46.6 Å². The molecule has 5 atom stereocenters. The number of phenols is 3. The van der Waals surface area contributed by atoms with Crippen molar-refractivity contribution in [2.45, 2.75) is 51.5 Å². The number of aliphatic hydroxyl groups is 1. The zero-order valence-electron chi connectivity index (χ0n) is 19.9. The molecule has 0 spiro atoms. The molecule has 1 aromatic heterocycles. The lowest BCUT2D eigenvalue weighted by molar-refractivity contribution is -0.276. The lowest BCUT2D eigenvalue weighted by Gasteiger charge is -2.41. The van der Waals surface area contributed by atoms with Crippen LogP contribution in [0.15, 0.2) is 45.6 Å². The summed E-state index contributed by atoms with van der Waals surface area (Å²) in [6.45, 7) is 3.73. The van der Waals surface area contributed by atoms with E-state index in [0.717, 1.165) is 26.0 Å². The molecule has 2 heterocycles. The molecular weight excluding hydrogens is 492 g/mol. The van der Waals surface area contributed by atoms with Crippen molar-refractivity contribution in [2.75, 3.05) is 0 Å². The Bertz CT molecular complexity index is 1390. The molecule has 0 saturated carbocycles. The topological polar surface area (TPSA) is 182 Å². The number of carbonyl (C=O) groups is 2. The van der Waals surface area contributed by atoms with Crippen LogP contribution in [0.5, 0.6) is 23.0 Å². The van der Waals surface area contributed by atoms with Gasteiger partial charge in [-0.1, -0.05) is 0 Å². The molecule has 0 amide bonds. The maximum Gasteiger partial charge on any atom is 0.303 e. The highest BCUT2D eigenvalue weighted by atomic mass is 16.7. The average Bonchev–Trinajstić information content (AvgIpc) is 2.80. The van der Waals surface area contributed by atoms with Gasteiger partial charge in [-0.05, 0) is 31.2 Å². The Balaban J connectivity index is 1.83. The van der Waals surface area contributed by atoms with Gasteiger partial charge in [0.1, 0.15) is 28.2 Å². The number of aliphatic hydroxyl groups excluding tert-OH is 1. The number of esters is 2. The van der Waals surface area contributed by atoms with Gasteiger partial charge in [0.25, 0.3) is 0 Å². The first kappa shape index (κ1) is 25.8. The highest BCUT2D eigenvalue weighted by molar-refractivity contribution is 5.88. The molecule has 2 aromatic carbocycles. The number of aromatic hydroxyl groups is 3. The minimum Gasteiger partial charge on any atom is -0.508 e. The molecule has 37 heavy (non-hydrogen) atoms. The Morgan fingerprint density at radius 1 is 0.919 bits per heavy atom. The van der Waals surface area contributed by atoms with E-state index in [0.29, 0.717) is 0 Å². The third-order valence-corrected chi connectivity index (χ3v) is 5.64. The quantitative estimate of drug-likeness (QED) is 0.362. The first-order valence-corrected chi connectivity index (χ1v) is 11.1. The van der Waals surface area contributed by atoms with Crippen molar-refractivity contribution in [3.63, 3.8) is 0 Å².